The summed E-state index contributed by atoms with van der Waals surface area (Å²) >= 11 is 5.37. The van der Waals surface area contributed by atoms with E-state index in [1.54, 1.807) is 0 Å². The van der Waals surface area contributed by atoms with Crippen LogP contribution in [0.15, 0.2) is 12.1 Å². The lowest BCUT2D eigenvalue weighted by Gasteiger charge is -2.05. The van der Waals surface area contributed by atoms with Crippen molar-refractivity contribution in [1.29, 1.82) is 0 Å². The van der Waals surface area contributed by atoms with Crippen LogP contribution in [0.1, 0.15) is 0 Å². The Bertz CT molecular complexity index is 452. The molecule has 0 aliphatic heterocycles. The Kier molecular flexibility index (Phi) is 3.62. The van der Waals surface area contributed by atoms with Gasteiger partial charge in [-0.25, -0.2) is 4.39 Å². The summed E-state index contributed by atoms with van der Waals surface area (Å²) in [6.07, 6.45) is 0. The lowest BCUT2D eigenvalue weighted by atomic mass is 10.2. The largest absolute Gasteiger partial charge is 0.480 e. The summed E-state index contributed by atoms with van der Waals surface area (Å²) in [4.78, 5) is 20.0. The van der Waals surface area contributed by atoms with Crippen LogP contribution in [0.4, 0.5) is 15.8 Å². The van der Waals surface area contributed by atoms with Gasteiger partial charge in [0, 0.05) is 12.1 Å². The highest BCUT2D eigenvalue weighted by atomic mass is 35.5. The summed E-state index contributed by atoms with van der Waals surface area (Å²) in [5.41, 5.74) is -0.707. The van der Waals surface area contributed by atoms with Crippen molar-refractivity contribution in [2.24, 2.45) is 0 Å². The third kappa shape index (κ3) is 2.80. The Balaban J connectivity index is 3.09. The number of nitro groups is 1. The van der Waals surface area contributed by atoms with E-state index in [9.17, 15) is 19.3 Å². The molecular weight excluding hydrogens is 243 g/mol. The fourth-order valence-corrected chi connectivity index (χ4v) is 1.16. The number of nitrogens with zero attached hydrogens (tertiary/aromatic N) is 1. The Labute approximate surface area is 93.8 Å². The van der Waals surface area contributed by atoms with Gasteiger partial charge in [0.25, 0.3) is 5.69 Å². The molecule has 1 rings (SSSR count). The molecule has 1 aromatic carbocycles. The number of nitro benzene ring substituents is 1. The molecule has 0 heterocycles. The third-order valence-corrected chi connectivity index (χ3v) is 1.96. The lowest BCUT2D eigenvalue weighted by Crippen LogP contribution is -2.13. The van der Waals surface area contributed by atoms with Crippen LogP contribution in [0.5, 0.6) is 0 Å². The molecule has 0 spiro atoms. The molecule has 0 bridgehead atoms. The predicted octanol–water partition coefficient (Wildman–Crippen LogP) is 1.88. The zero-order valence-corrected chi connectivity index (χ0v) is 8.49. The maximum atomic E-state index is 13.0. The Hall–Kier alpha value is -1.89. The normalized spacial score (nSPS) is 9.88. The number of halogens is 2. The number of hydrogen-bond acceptors (Lipinski definition) is 4. The van der Waals surface area contributed by atoms with Gasteiger partial charge in [-0.2, -0.15) is 0 Å². The van der Waals surface area contributed by atoms with Crippen molar-refractivity contribution in [2.75, 3.05) is 11.9 Å². The minimum absolute atomic E-state index is 0.227. The summed E-state index contributed by atoms with van der Waals surface area (Å²) in [6, 6.07) is 1.60. The molecule has 16 heavy (non-hydrogen) atoms. The standard InChI is InChI=1S/C8H6ClFN2O4/c9-4-1-7(12(15)16)6(2-5(4)10)11-3-8(13)14/h1-2,11H,3H2,(H,13,14). The molecule has 86 valence electrons. The van der Waals surface area contributed by atoms with Crippen LogP contribution in [-0.4, -0.2) is 22.5 Å². The Morgan fingerprint density at radius 2 is 2.25 bits per heavy atom. The van der Waals surface area contributed by atoms with Crippen LogP contribution in [-0.2, 0) is 4.79 Å². The molecule has 0 aromatic heterocycles. The molecule has 0 fully saturated rings. The van der Waals surface area contributed by atoms with Gasteiger partial charge < -0.3 is 10.4 Å². The number of anilines is 1. The molecule has 6 nitrogen and oxygen atoms in total. The van der Waals surface area contributed by atoms with Gasteiger partial charge in [0.15, 0.2) is 0 Å². The number of benzene rings is 1. The van der Waals surface area contributed by atoms with E-state index in [2.05, 4.69) is 5.32 Å². The van der Waals surface area contributed by atoms with E-state index in [0.717, 1.165) is 12.1 Å². The van der Waals surface area contributed by atoms with E-state index >= 15 is 0 Å². The number of carbonyl (C=O) groups is 1. The van der Waals surface area contributed by atoms with E-state index < -0.39 is 34.0 Å². The summed E-state index contributed by atoms with van der Waals surface area (Å²) in [6.45, 7) is -0.554. The lowest BCUT2D eigenvalue weighted by molar-refractivity contribution is -0.384. The monoisotopic (exact) mass is 248 g/mol. The van der Waals surface area contributed by atoms with Crippen molar-refractivity contribution in [3.05, 3.63) is 33.1 Å². The van der Waals surface area contributed by atoms with E-state index in [-0.39, 0.29) is 5.69 Å². The molecule has 0 aliphatic carbocycles. The van der Waals surface area contributed by atoms with Crippen LogP contribution in [0.3, 0.4) is 0 Å². The van der Waals surface area contributed by atoms with Gasteiger partial charge in [-0.1, -0.05) is 11.6 Å². The number of hydrogen-bond donors (Lipinski definition) is 2. The van der Waals surface area contributed by atoms with E-state index in [1.807, 2.05) is 0 Å². The molecule has 1 aromatic rings. The molecular formula is C8H6ClFN2O4. The second-order valence-corrected chi connectivity index (χ2v) is 3.20. The van der Waals surface area contributed by atoms with Crippen LogP contribution >= 0.6 is 11.6 Å². The van der Waals surface area contributed by atoms with Crippen LogP contribution in [0.25, 0.3) is 0 Å². The highest BCUT2D eigenvalue weighted by Crippen LogP contribution is 2.30. The summed E-state index contributed by atoms with van der Waals surface area (Å²) in [5.74, 6) is -2.08. The first kappa shape index (κ1) is 12.2. The molecule has 0 amide bonds. The molecule has 8 heteroatoms. The van der Waals surface area contributed by atoms with Crippen molar-refractivity contribution in [2.45, 2.75) is 0 Å². The van der Waals surface area contributed by atoms with Gasteiger partial charge >= 0.3 is 5.97 Å². The van der Waals surface area contributed by atoms with E-state index in [0.29, 0.717) is 0 Å². The summed E-state index contributed by atoms with van der Waals surface area (Å²) < 4.78 is 13.0. The van der Waals surface area contributed by atoms with Gasteiger partial charge in [-0.15, -0.1) is 0 Å². The van der Waals surface area contributed by atoms with E-state index in [1.165, 1.54) is 0 Å². The van der Waals surface area contributed by atoms with Crippen LogP contribution in [0, 0.1) is 15.9 Å². The topological polar surface area (TPSA) is 92.5 Å². The maximum absolute atomic E-state index is 13.0. The fourth-order valence-electron chi connectivity index (χ4n) is 1.000. The first-order valence-electron chi connectivity index (χ1n) is 4.01. The van der Waals surface area contributed by atoms with Crippen molar-refractivity contribution < 1.29 is 19.2 Å². The second-order valence-electron chi connectivity index (χ2n) is 2.79. The second kappa shape index (κ2) is 4.75. The molecule has 0 atom stereocenters. The first-order chi connectivity index (χ1) is 7.41. The molecule has 0 unspecified atom stereocenters. The maximum Gasteiger partial charge on any atom is 0.322 e. The quantitative estimate of drug-likeness (QED) is 0.627. The van der Waals surface area contributed by atoms with Gasteiger partial charge in [0.05, 0.1) is 9.95 Å². The van der Waals surface area contributed by atoms with Gasteiger partial charge in [-0.3, -0.25) is 14.9 Å². The van der Waals surface area contributed by atoms with Crippen molar-refractivity contribution in [3.63, 3.8) is 0 Å². The molecule has 0 radical (unpaired) electrons. The minimum atomic E-state index is -1.22. The summed E-state index contributed by atoms with van der Waals surface area (Å²) in [5, 5.41) is 20.8. The zero-order valence-electron chi connectivity index (χ0n) is 7.74. The molecule has 2 N–H and O–H groups in total. The van der Waals surface area contributed by atoms with Crippen molar-refractivity contribution >= 4 is 28.9 Å². The van der Waals surface area contributed by atoms with Crippen LogP contribution in [0.2, 0.25) is 5.02 Å². The zero-order chi connectivity index (χ0) is 12.3. The summed E-state index contributed by atoms with van der Waals surface area (Å²) in [7, 11) is 0. The Morgan fingerprint density at radius 1 is 1.62 bits per heavy atom. The van der Waals surface area contributed by atoms with E-state index in [4.69, 9.17) is 16.7 Å². The van der Waals surface area contributed by atoms with Gasteiger partial charge in [0.2, 0.25) is 0 Å². The number of rotatable bonds is 4. The number of carboxylic acid groups (broad SMARTS) is 1. The highest BCUT2D eigenvalue weighted by Gasteiger charge is 2.17. The fraction of sp³-hybridized carbons (Fsp3) is 0.125. The first-order valence-corrected chi connectivity index (χ1v) is 4.38. The molecule has 0 saturated carbocycles. The van der Waals surface area contributed by atoms with Crippen LogP contribution < -0.4 is 5.32 Å². The smallest absolute Gasteiger partial charge is 0.322 e. The Morgan fingerprint density at radius 3 is 2.75 bits per heavy atom. The SMILES string of the molecule is O=C(O)CNc1cc(F)c(Cl)cc1[N+](=O)[O-]. The third-order valence-electron chi connectivity index (χ3n) is 1.67. The highest BCUT2D eigenvalue weighted by molar-refractivity contribution is 6.31. The number of carboxylic acids is 1. The predicted molar refractivity (Wildman–Crippen MR) is 54.2 cm³/mol. The average Bonchev–Trinajstić information content (AvgIpc) is 2.18. The van der Waals surface area contributed by atoms with Crippen molar-refractivity contribution in [3.8, 4) is 0 Å². The molecule has 0 aliphatic rings. The van der Waals surface area contributed by atoms with Crippen molar-refractivity contribution in [1.82, 2.24) is 0 Å². The average molecular weight is 249 g/mol. The number of nitrogens with one attached hydrogen (secondary N) is 1. The van der Waals surface area contributed by atoms with Gasteiger partial charge in [-0.05, 0) is 0 Å². The molecule has 0 saturated heterocycles. The van der Waals surface area contributed by atoms with Gasteiger partial charge in [0.1, 0.15) is 18.0 Å². The number of aliphatic carboxylic acids is 1. The minimum Gasteiger partial charge on any atom is -0.480 e.